The van der Waals surface area contributed by atoms with E-state index >= 15 is 0 Å². The second-order valence-electron chi connectivity index (χ2n) is 7.98. The summed E-state index contributed by atoms with van der Waals surface area (Å²) in [5, 5.41) is 5.64. The highest BCUT2D eigenvalue weighted by atomic mass is 19.4. The van der Waals surface area contributed by atoms with Gasteiger partial charge < -0.3 is 20.3 Å². The number of pyridine rings is 1. The topological polar surface area (TPSA) is 69.7 Å². The molecule has 1 unspecified atom stereocenters. The molecule has 1 aliphatic heterocycles. The van der Waals surface area contributed by atoms with Crippen molar-refractivity contribution in [2.45, 2.75) is 25.9 Å². The number of ether oxygens (including phenoxy) is 1. The van der Waals surface area contributed by atoms with Crippen LogP contribution in [0.5, 0.6) is 5.75 Å². The van der Waals surface area contributed by atoms with E-state index in [0.717, 1.165) is 11.3 Å². The van der Waals surface area contributed by atoms with Gasteiger partial charge in [0.15, 0.2) is 0 Å². The molecule has 0 aliphatic carbocycles. The molecule has 34 heavy (non-hydrogen) atoms. The predicted octanol–water partition coefficient (Wildman–Crippen LogP) is 5.29. The summed E-state index contributed by atoms with van der Waals surface area (Å²) in [6, 6.07) is 16.7. The van der Waals surface area contributed by atoms with E-state index < -0.39 is 6.36 Å². The molecule has 0 radical (unpaired) electrons. The SMILES string of the molecule is CC1CN(c2ccc(OC(F)(F)F)cc2)CN1Cc1ccncc1NC(=O)Nc1ccccc1. The molecule has 2 heterocycles. The fraction of sp³-hybridized carbons (Fsp3) is 0.250. The van der Waals surface area contributed by atoms with Gasteiger partial charge in [0.25, 0.3) is 0 Å². The number of nitrogens with zero attached hydrogens (tertiary/aromatic N) is 3. The fourth-order valence-electron chi connectivity index (χ4n) is 3.80. The first-order valence-corrected chi connectivity index (χ1v) is 10.7. The number of nitrogens with one attached hydrogen (secondary N) is 2. The van der Waals surface area contributed by atoms with Crippen LogP contribution in [0.1, 0.15) is 12.5 Å². The summed E-state index contributed by atoms with van der Waals surface area (Å²) in [5.41, 5.74) is 3.00. The molecule has 2 amide bonds. The Bertz CT molecular complexity index is 1110. The number of para-hydroxylation sites is 1. The molecular weight excluding hydrogens is 447 g/mol. The summed E-state index contributed by atoms with van der Waals surface area (Å²) in [7, 11) is 0. The van der Waals surface area contributed by atoms with Gasteiger partial charge in [-0.2, -0.15) is 0 Å². The van der Waals surface area contributed by atoms with Crippen molar-refractivity contribution >= 4 is 23.1 Å². The number of amides is 2. The van der Waals surface area contributed by atoms with Gasteiger partial charge in [0.1, 0.15) is 5.75 Å². The number of halogens is 3. The van der Waals surface area contributed by atoms with Crippen LogP contribution in [-0.4, -0.2) is 41.5 Å². The Labute approximate surface area is 195 Å². The molecular formula is C24H24F3N5O2. The van der Waals surface area contributed by atoms with E-state index in [1.807, 2.05) is 24.3 Å². The van der Waals surface area contributed by atoms with E-state index in [0.29, 0.717) is 31.1 Å². The van der Waals surface area contributed by atoms with E-state index in [4.69, 9.17) is 0 Å². The van der Waals surface area contributed by atoms with E-state index in [9.17, 15) is 18.0 Å². The molecule has 2 aromatic carbocycles. The summed E-state index contributed by atoms with van der Waals surface area (Å²) in [5.74, 6) is -0.248. The van der Waals surface area contributed by atoms with Crippen molar-refractivity contribution in [2.75, 3.05) is 28.7 Å². The number of urea groups is 1. The van der Waals surface area contributed by atoms with Gasteiger partial charge in [-0.25, -0.2) is 4.79 Å². The van der Waals surface area contributed by atoms with Gasteiger partial charge in [-0.15, -0.1) is 13.2 Å². The zero-order chi connectivity index (χ0) is 24.1. The number of carbonyl (C=O) groups is 1. The first-order chi connectivity index (χ1) is 16.3. The van der Waals surface area contributed by atoms with Crippen LogP contribution in [0.4, 0.5) is 35.0 Å². The molecule has 3 aromatic rings. The molecule has 1 aromatic heterocycles. The lowest BCUT2D eigenvalue weighted by atomic mass is 10.2. The Kier molecular flexibility index (Phi) is 6.87. The average Bonchev–Trinajstić information content (AvgIpc) is 3.15. The smallest absolute Gasteiger partial charge is 0.406 e. The van der Waals surface area contributed by atoms with Gasteiger partial charge in [-0.05, 0) is 55.0 Å². The maximum absolute atomic E-state index is 12.4. The minimum Gasteiger partial charge on any atom is -0.406 e. The van der Waals surface area contributed by atoms with Crippen LogP contribution in [0, 0.1) is 0 Å². The number of hydrogen-bond donors (Lipinski definition) is 2. The second kappa shape index (κ2) is 10.0. The number of carbonyl (C=O) groups excluding carboxylic acids is 1. The van der Waals surface area contributed by atoms with Crippen LogP contribution in [0.2, 0.25) is 0 Å². The van der Waals surface area contributed by atoms with E-state index in [1.165, 1.54) is 12.1 Å². The Morgan fingerprint density at radius 3 is 2.53 bits per heavy atom. The molecule has 1 fully saturated rings. The largest absolute Gasteiger partial charge is 0.573 e. The Morgan fingerprint density at radius 2 is 1.82 bits per heavy atom. The lowest BCUT2D eigenvalue weighted by Crippen LogP contribution is -2.29. The van der Waals surface area contributed by atoms with E-state index in [1.54, 1.807) is 36.7 Å². The third-order valence-electron chi connectivity index (χ3n) is 5.46. The quantitative estimate of drug-likeness (QED) is 0.511. The molecule has 0 bridgehead atoms. The molecule has 1 aliphatic rings. The lowest BCUT2D eigenvalue weighted by Gasteiger charge is -2.22. The normalized spacial score (nSPS) is 16.4. The number of hydrogen-bond acceptors (Lipinski definition) is 5. The first kappa shape index (κ1) is 23.4. The zero-order valence-corrected chi connectivity index (χ0v) is 18.4. The minimum absolute atomic E-state index is 0.185. The summed E-state index contributed by atoms with van der Waals surface area (Å²) in [6.45, 7) is 3.94. The molecule has 0 spiro atoms. The zero-order valence-electron chi connectivity index (χ0n) is 18.4. The average molecular weight is 471 g/mol. The Balaban J connectivity index is 1.39. The molecule has 10 heteroatoms. The van der Waals surface area contributed by atoms with Crippen LogP contribution < -0.4 is 20.3 Å². The van der Waals surface area contributed by atoms with Gasteiger partial charge in [-0.1, -0.05) is 18.2 Å². The van der Waals surface area contributed by atoms with Crippen LogP contribution >= 0.6 is 0 Å². The lowest BCUT2D eigenvalue weighted by molar-refractivity contribution is -0.274. The van der Waals surface area contributed by atoms with Crippen LogP contribution in [-0.2, 0) is 6.54 Å². The predicted molar refractivity (Wildman–Crippen MR) is 124 cm³/mol. The maximum Gasteiger partial charge on any atom is 0.573 e. The third-order valence-corrected chi connectivity index (χ3v) is 5.46. The standard InChI is InChI=1S/C24H24F3N5O2/c1-17-14-32(20-7-9-21(10-8-20)34-24(25,26)27)16-31(17)15-18-11-12-28-13-22(18)30-23(33)29-19-5-3-2-4-6-19/h2-13,17H,14-16H2,1H3,(H2,29,30,33). The van der Waals surface area contributed by atoms with Gasteiger partial charge in [-0.3, -0.25) is 9.88 Å². The highest BCUT2D eigenvalue weighted by Crippen LogP contribution is 2.29. The number of aromatic nitrogens is 1. The molecule has 1 atom stereocenters. The summed E-state index contributed by atoms with van der Waals surface area (Å²) >= 11 is 0. The summed E-state index contributed by atoms with van der Waals surface area (Å²) in [6.07, 6.45) is -1.43. The number of alkyl halides is 3. The molecule has 4 rings (SSSR count). The first-order valence-electron chi connectivity index (χ1n) is 10.7. The molecule has 2 N–H and O–H groups in total. The van der Waals surface area contributed by atoms with E-state index in [-0.39, 0.29) is 17.8 Å². The molecule has 7 nitrogen and oxygen atoms in total. The Morgan fingerprint density at radius 1 is 1.09 bits per heavy atom. The van der Waals surface area contributed by atoms with Gasteiger partial charge in [0.05, 0.1) is 18.6 Å². The van der Waals surface area contributed by atoms with Crippen molar-refractivity contribution in [3.05, 3.63) is 78.6 Å². The number of benzene rings is 2. The van der Waals surface area contributed by atoms with Crippen molar-refractivity contribution < 1.29 is 22.7 Å². The highest BCUT2D eigenvalue weighted by Gasteiger charge is 2.31. The Hall–Kier alpha value is -3.79. The second-order valence-corrected chi connectivity index (χ2v) is 7.98. The molecule has 178 valence electrons. The molecule has 0 saturated carbocycles. The van der Waals surface area contributed by atoms with Gasteiger partial charge >= 0.3 is 12.4 Å². The van der Waals surface area contributed by atoms with Crippen LogP contribution in [0.25, 0.3) is 0 Å². The highest BCUT2D eigenvalue weighted by molar-refractivity contribution is 6.00. The third kappa shape index (κ3) is 6.16. The van der Waals surface area contributed by atoms with Crippen molar-refractivity contribution in [1.29, 1.82) is 0 Å². The van der Waals surface area contributed by atoms with E-state index in [2.05, 4.69) is 37.1 Å². The fourth-order valence-corrected chi connectivity index (χ4v) is 3.80. The summed E-state index contributed by atoms with van der Waals surface area (Å²) in [4.78, 5) is 20.9. The monoisotopic (exact) mass is 471 g/mol. The minimum atomic E-state index is -4.71. The van der Waals surface area contributed by atoms with Crippen molar-refractivity contribution in [3.63, 3.8) is 0 Å². The van der Waals surface area contributed by atoms with Crippen LogP contribution in [0.3, 0.4) is 0 Å². The van der Waals surface area contributed by atoms with Gasteiger partial charge in [0.2, 0.25) is 0 Å². The van der Waals surface area contributed by atoms with Crippen molar-refractivity contribution in [1.82, 2.24) is 9.88 Å². The van der Waals surface area contributed by atoms with Crippen LogP contribution in [0.15, 0.2) is 73.1 Å². The molecule has 1 saturated heterocycles. The van der Waals surface area contributed by atoms with Crippen molar-refractivity contribution in [2.24, 2.45) is 0 Å². The summed E-state index contributed by atoms with van der Waals surface area (Å²) < 4.78 is 41.1. The van der Waals surface area contributed by atoms with Gasteiger partial charge in [0, 0.05) is 36.7 Å². The number of rotatable bonds is 6. The van der Waals surface area contributed by atoms with Crippen molar-refractivity contribution in [3.8, 4) is 5.75 Å². The number of anilines is 3. The maximum atomic E-state index is 12.4.